The Kier molecular flexibility index (Phi) is 5.97. The molecule has 0 aliphatic heterocycles. The van der Waals surface area contributed by atoms with Crippen LogP contribution in [0.2, 0.25) is 0 Å². The SMILES string of the molecule is CN(C)C(c1ccccc1)C1CCC(OC(=O)c2cccs2)(C(N)=O)CC1. The van der Waals surface area contributed by atoms with Gasteiger partial charge in [-0.05, 0) is 62.7 Å². The zero-order valence-electron chi connectivity index (χ0n) is 15.8. The average molecular weight is 387 g/mol. The number of rotatable bonds is 6. The number of esters is 1. The van der Waals surface area contributed by atoms with Crippen molar-refractivity contribution in [1.29, 1.82) is 0 Å². The Bertz CT molecular complexity index is 766. The Labute approximate surface area is 164 Å². The highest BCUT2D eigenvalue weighted by Crippen LogP contribution is 2.42. The third-order valence-corrected chi connectivity index (χ3v) is 6.29. The van der Waals surface area contributed by atoms with Crippen molar-refractivity contribution in [3.05, 3.63) is 58.3 Å². The number of benzene rings is 1. The predicted molar refractivity (Wildman–Crippen MR) is 106 cm³/mol. The first kappa shape index (κ1) is 19.6. The normalized spacial score (nSPS) is 23.7. The summed E-state index contributed by atoms with van der Waals surface area (Å²) in [5.41, 5.74) is 5.73. The molecular weight excluding hydrogens is 360 g/mol. The number of carbonyl (C=O) groups is 2. The fourth-order valence-corrected chi connectivity index (χ4v) is 4.68. The number of hydrogen-bond acceptors (Lipinski definition) is 5. The summed E-state index contributed by atoms with van der Waals surface area (Å²) in [5.74, 6) is -0.642. The van der Waals surface area contributed by atoms with Crippen LogP contribution in [0.25, 0.3) is 0 Å². The highest BCUT2D eigenvalue weighted by atomic mass is 32.1. The first-order valence-electron chi connectivity index (χ1n) is 9.21. The molecule has 5 nitrogen and oxygen atoms in total. The van der Waals surface area contributed by atoms with Crippen molar-refractivity contribution < 1.29 is 14.3 Å². The van der Waals surface area contributed by atoms with Gasteiger partial charge in [0.25, 0.3) is 5.91 Å². The third kappa shape index (κ3) is 4.22. The summed E-state index contributed by atoms with van der Waals surface area (Å²) in [4.78, 5) is 27.3. The molecule has 3 rings (SSSR count). The van der Waals surface area contributed by atoms with Crippen LogP contribution in [0, 0.1) is 5.92 Å². The number of primary amides is 1. The van der Waals surface area contributed by atoms with Crippen molar-refractivity contribution in [3.8, 4) is 0 Å². The molecule has 0 radical (unpaired) electrons. The lowest BCUT2D eigenvalue weighted by molar-refractivity contribution is -0.142. The van der Waals surface area contributed by atoms with Crippen molar-refractivity contribution in [1.82, 2.24) is 4.90 Å². The summed E-state index contributed by atoms with van der Waals surface area (Å²) in [6, 6.07) is 14.1. The van der Waals surface area contributed by atoms with Gasteiger partial charge in [0.1, 0.15) is 4.88 Å². The molecule has 1 atom stereocenters. The molecule has 1 amide bonds. The van der Waals surface area contributed by atoms with Crippen molar-refractivity contribution in [3.63, 3.8) is 0 Å². The molecule has 144 valence electrons. The molecule has 1 aromatic heterocycles. The van der Waals surface area contributed by atoms with Crippen LogP contribution >= 0.6 is 11.3 Å². The number of amides is 1. The molecule has 1 aromatic carbocycles. The van der Waals surface area contributed by atoms with Crippen LogP contribution in [0.15, 0.2) is 47.8 Å². The standard InChI is InChI=1S/C21H26N2O3S/c1-23(2)18(15-7-4-3-5-8-15)16-10-12-21(13-11-16,20(22)25)26-19(24)17-9-6-14-27-17/h3-9,14,16,18H,10-13H2,1-2H3,(H2,22,25). The van der Waals surface area contributed by atoms with E-state index in [1.165, 1.54) is 16.9 Å². The van der Waals surface area contributed by atoms with Crippen LogP contribution < -0.4 is 5.73 Å². The number of hydrogen-bond donors (Lipinski definition) is 1. The lowest BCUT2D eigenvalue weighted by Gasteiger charge is -2.41. The molecule has 1 saturated carbocycles. The number of nitrogens with zero attached hydrogens (tertiary/aromatic N) is 1. The van der Waals surface area contributed by atoms with Gasteiger partial charge in [-0.1, -0.05) is 36.4 Å². The summed E-state index contributed by atoms with van der Waals surface area (Å²) >= 11 is 1.30. The first-order chi connectivity index (χ1) is 12.9. The highest BCUT2D eigenvalue weighted by Gasteiger charge is 2.46. The van der Waals surface area contributed by atoms with E-state index in [2.05, 4.69) is 31.1 Å². The van der Waals surface area contributed by atoms with Gasteiger partial charge in [-0.15, -0.1) is 11.3 Å². The van der Waals surface area contributed by atoms with Crippen LogP contribution in [0.3, 0.4) is 0 Å². The molecule has 2 N–H and O–H groups in total. The van der Waals surface area contributed by atoms with Gasteiger partial charge >= 0.3 is 5.97 Å². The maximum Gasteiger partial charge on any atom is 0.349 e. The maximum absolute atomic E-state index is 12.4. The zero-order valence-corrected chi connectivity index (χ0v) is 16.6. The Morgan fingerprint density at radius 1 is 1.15 bits per heavy atom. The molecule has 1 heterocycles. The maximum atomic E-state index is 12.4. The zero-order chi connectivity index (χ0) is 19.4. The van der Waals surface area contributed by atoms with E-state index in [0.29, 0.717) is 23.6 Å². The second kappa shape index (κ2) is 8.23. The Morgan fingerprint density at radius 2 is 1.81 bits per heavy atom. The minimum Gasteiger partial charge on any atom is -0.445 e. The van der Waals surface area contributed by atoms with Crippen LogP contribution in [0.1, 0.15) is 47.0 Å². The van der Waals surface area contributed by atoms with E-state index in [0.717, 1.165) is 12.8 Å². The van der Waals surface area contributed by atoms with E-state index in [9.17, 15) is 9.59 Å². The van der Waals surface area contributed by atoms with Crippen LogP contribution in [-0.4, -0.2) is 36.5 Å². The minimum atomic E-state index is -1.20. The minimum absolute atomic E-state index is 0.255. The molecule has 1 fully saturated rings. The molecule has 2 aromatic rings. The van der Waals surface area contributed by atoms with E-state index in [-0.39, 0.29) is 6.04 Å². The van der Waals surface area contributed by atoms with E-state index < -0.39 is 17.5 Å². The Balaban J connectivity index is 1.74. The van der Waals surface area contributed by atoms with Gasteiger partial charge in [0.05, 0.1) is 0 Å². The quantitative estimate of drug-likeness (QED) is 0.770. The monoisotopic (exact) mass is 386 g/mol. The molecule has 1 unspecified atom stereocenters. The Morgan fingerprint density at radius 3 is 2.33 bits per heavy atom. The predicted octanol–water partition coefficient (Wildman–Crippen LogP) is 3.62. The number of nitrogens with two attached hydrogens (primary N) is 1. The molecule has 6 heteroatoms. The largest absolute Gasteiger partial charge is 0.445 e. The molecule has 0 spiro atoms. The molecule has 27 heavy (non-hydrogen) atoms. The Hall–Kier alpha value is -2.18. The number of ether oxygens (including phenoxy) is 1. The summed E-state index contributed by atoms with van der Waals surface area (Å²) in [6.45, 7) is 0. The van der Waals surface area contributed by atoms with Gasteiger partial charge in [-0.25, -0.2) is 4.79 Å². The molecular formula is C21H26N2O3S. The van der Waals surface area contributed by atoms with Crippen LogP contribution in [-0.2, 0) is 9.53 Å². The second-order valence-electron chi connectivity index (χ2n) is 7.38. The number of carbonyl (C=O) groups excluding carboxylic acids is 2. The number of thiophene rings is 1. The first-order valence-corrected chi connectivity index (χ1v) is 10.1. The lowest BCUT2D eigenvalue weighted by atomic mass is 9.73. The van der Waals surface area contributed by atoms with Crippen LogP contribution in [0.4, 0.5) is 0 Å². The summed E-state index contributed by atoms with van der Waals surface area (Å²) < 4.78 is 5.66. The van der Waals surface area contributed by atoms with E-state index >= 15 is 0 Å². The average Bonchev–Trinajstić information content (AvgIpc) is 3.19. The topological polar surface area (TPSA) is 72.6 Å². The van der Waals surface area contributed by atoms with Gasteiger partial charge < -0.3 is 15.4 Å². The summed E-state index contributed by atoms with van der Waals surface area (Å²) in [5, 5.41) is 1.81. The van der Waals surface area contributed by atoms with Crippen molar-refractivity contribution in [2.24, 2.45) is 11.7 Å². The third-order valence-electron chi connectivity index (χ3n) is 5.44. The lowest BCUT2D eigenvalue weighted by Crippen LogP contribution is -2.50. The van der Waals surface area contributed by atoms with E-state index in [4.69, 9.17) is 10.5 Å². The van der Waals surface area contributed by atoms with Crippen molar-refractivity contribution in [2.45, 2.75) is 37.3 Å². The second-order valence-corrected chi connectivity index (χ2v) is 8.33. The fourth-order valence-electron chi connectivity index (χ4n) is 4.09. The molecule has 0 saturated heterocycles. The summed E-state index contributed by atoms with van der Waals surface area (Å²) in [6.07, 6.45) is 2.47. The highest BCUT2D eigenvalue weighted by molar-refractivity contribution is 7.11. The van der Waals surface area contributed by atoms with Gasteiger partial charge in [-0.2, -0.15) is 0 Å². The fraction of sp³-hybridized carbons (Fsp3) is 0.429. The molecule has 0 bridgehead atoms. The van der Waals surface area contributed by atoms with Gasteiger partial charge in [-0.3, -0.25) is 4.79 Å². The van der Waals surface area contributed by atoms with Gasteiger partial charge in [0.15, 0.2) is 5.60 Å². The van der Waals surface area contributed by atoms with Gasteiger partial charge in [0.2, 0.25) is 0 Å². The molecule has 1 aliphatic carbocycles. The molecule has 1 aliphatic rings. The summed E-state index contributed by atoms with van der Waals surface area (Å²) in [7, 11) is 4.15. The van der Waals surface area contributed by atoms with Crippen LogP contribution in [0.5, 0.6) is 0 Å². The van der Waals surface area contributed by atoms with Gasteiger partial charge in [0, 0.05) is 6.04 Å². The van der Waals surface area contributed by atoms with E-state index in [1.807, 2.05) is 23.6 Å². The smallest absolute Gasteiger partial charge is 0.349 e. The van der Waals surface area contributed by atoms with E-state index in [1.54, 1.807) is 12.1 Å². The van der Waals surface area contributed by atoms with Crippen molar-refractivity contribution >= 4 is 23.2 Å². The van der Waals surface area contributed by atoms with Crippen molar-refractivity contribution in [2.75, 3.05) is 14.1 Å².